The van der Waals surface area contributed by atoms with Crippen molar-refractivity contribution in [3.8, 4) is 0 Å². The van der Waals surface area contributed by atoms with Gasteiger partial charge in [0.1, 0.15) is 0 Å². The first-order chi connectivity index (χ1) is 9.69. The number of hydrogen-bond donors (Lipinski definition) is 2. The van der Waals surface area contributed by atoms with Crippen LogP contribution in [0.25, 0.3) is 0 Å². The number of piperidine rings is 1. The number of likely N-dealkylation sites (tertiary alicyclic amines) is 1. The summed E-state index contributed by atoms with van der Waals surface area (Å²) in [7, 11) is 0. The summed E-state index contributed by atoms with van der Waals surface area (Å²) in [4.78, 5) is 14.4. The highest BCUT2D eigenvalue weighted by Crippen LogP contribution is 2.20. The molecule has 1 aliphatic heterocycles. The fourth-order valence-electron chi connectivity index (χ4n) is 3.54. The van der Waals surface area contributed by atoms with Crippen LogP contribution in [0.1, 0.15) is 58.3 Å². The molecule has 2 N–H and O–H groups in total. The van der Waals surface area contributed by atoms with Crippen LogP contribution in [0, 0.1) is 5.92 Å². The number of carbonyl (C=O) groups is 1. The average molecular weight is 282 g/mol. The minimum atomic E-state index is -0.179. The van der Waals surface area contributed by atoms with Crippen LogP contribution in [0.4, 0.5) is 0 Å². The minimum absolute atomic E-state index is 0.170. The van der Waals surface area contributed by atoms with Gasteiger partial charge in [0.15, 0.2) is 0 Å². The van der Waals surface area contributed by atoms with Gasteiger partial charge >= 0.3 is 0 Å². The largest absolute Gasteiger partial charge is 0.393 e. The summed E-state index contributed by atoms with van der Waals surface area (Å²) < 4.78 is 0. The number of carbonyl (C=O) groups excluding carboxylic acids is 1. The van der Waals surface area contributed by atoms with E-state index in [1.807, 2.05) is 0 Å². The van der Waals surface area contributed by atoms with E-state index in [4.69, 9.17) is 0 Å². The molecule has 2 aliphatic rings. The fourth-order valence-corrected chi connectivity index (χ4v) is 3.54. The van der Waals surface area contributed by atoms with Gasteiger partial charge in [-0.25, -0.2) is 0 Å². The van der Waals surface area contributed by atoms with Gasteiger partial charge in [-0.05, 0) is 31.6 Å². The lowest BCUT2D eigenvalue weighted by Crippen LogP contribution is -2.48. The van der Waals surface area contributed by atoms with Gasteiger partial charge in [-0.1, -0.05) is 32.6 Å². The molecule has 2 atom stereocenters. The molecule has 2 rings (SSSR count). The molecule has 2 fully saturated rings. The SMILES string of the molecule is CCC1CN(CC(=O)NC2CCCCCC2)CCC1O. The smallest absolute Gasteiger partial charge is 0.234 e. The van der Waals surface area contributed by atoms with Crippen LogP contribution in [0.3, 0.4) is 0 Å². The van der Waals surface area contributed by atoms with Gasteiger partial charge < -0.3 is 10.4 Å². The summed E-state index contributed by atoms with van der Waals surface area (Å²) in [5.41, 5.74) is 0. The van der Waals surface area contributed by atoms with Crippen molar-refractivity contribution in [2.24, 2.45) is 5.92 Å². The van der Waals surface area contributed by atoms with Gasteiger partial charge in [0, 0.05) is 19.1 Å². The quantitative estimate of drug-likeness (QED) is 0.775. The van der Waals surface area contributed by atoms with E-state index in [1.54, 1.807) is 0 Å². The number of nitrogens with zero attached hydrogens (tertiary/aromatic N) is 1. The van der Waals surface area contributed by atoms with Crippen molar-refractivity contribution in [1.82, 2.24) is 10.2 Å². The summed E-state index contributed by atoms with van der Waals surface area (Å²) in [5, 5.41) is 13.1. The number of amides is 1. The zero-order valence-electron chi connectivity index (χ0n) is 12.8. The van der Waals surface area contributed by atoms with Crippen molar-refractivity contribution < 1.29 is 9.90 Å². The van der Waals surface area contributed by atoms with Crippen LogP contribution in [-0.2, 0) is 4.79 Å². The lowest BCUT2D eigenvalue weighted by Gasteiger charge is -2.35. The lowest BCUT2D eigenvalue weighted by molar-refractivity contribution is -0.124. The Morgan fingerprint density at radius 1 is 1.20 bits per heavy atom. The van der Waals surface area contributed by atoms with E-state index in [-0.39, 0.29) is 12.0 Å². The zero-order chi connectivity index (χ0) is 14.4. The monoisotopic (exact) mass is 282 g/mol. The molecule has 116 valence electrons. The van der Waals surface area contributed by atoms with Crippen molar-refractivity contribution >= 4 is 5.91 Å². The molecule has 1 saturated carbocycles. The predicted molar refractivity (Wildman–Crippen MR) is 80.5 cm³/mol. The molecule has 0 spiro atoms. The first kappa shape index (κ1) is 15.8. The van der Waals surface area contributed by atoms with Gasteiger partial charge in [0.05, 0.1) is 12.6 Å². The first-order valence-electron chi connectivity index (χ1n) is 8.38. The normalized spacial score (nSPS) is 29.9. The molecule has 0 bridgehead atoms. The highest BCUT2D eigenvalue weighted by molar-refractivity contribution is 5.78. The number of rotatable bonds is 4. The topological polar surface area (TPSA) is 52.6 Å². The Bertz CT molecular complexity index is 301. The van der Waals surface area contributed by atoms with Gasteiger partial charge in [-0.2, -0.15) is 0 Å². The maximum atomic E-state index is 12.2. The maximum absolute atomic E-state index is 12.2. The van der Waals surface area contributed by atoms with Crippen LogP contribution in [0.15, 0.2) is 0 Å². The van der Waals surface area contributed by atoms with E-state index in [1.165, 1.54) is 25.7 Å². The van der Waals surface area contributed by atoms with Crippen LogP contribution < -0.4 is 5.32 Å². The maximum Gasteiger partial charge on any atom is 0.234 e. The van der Waals surface area contributed by atoms with Crippen LogP contribution in [0.5, 0.6) is 0 Å². The molecule has 1 aliphatic carbocycles. The predicted octanol–water partition coefficient (Wildman–Crippen LogP) is 1.92. The third-order valence-corrected chi connectivity index (χ3v) is 4.89. The second kappa shape index (κ2) is 7.99. The number of aliphatic hydroxyl groups is 1. The number of nitrogens with one attached hydrogen (secondary N) is 1. The standard InChI is InChI=1S/C16H30N2O2/c1-2-13-11-18(10-9-15(13)19)12-16(20)17-14-7-5-3-4-6-8-14/h13-15,19H,2-12H2,1H3,(H,17,20). The molecule has 1 amide bonds. The summed E-state index contributed by atoms with van der Waals surface area (Å²) in [6, 6.07) is 0.391. The molecular formula is C16H30N2O2. The average Bonchev–Trinajstić information content (AvgIpc) is 2.69. The van der Waals surface area contributed by atoms with Crippen LogP contribution in [0.2, 0.25) is 0 Å². The lowest BCUT2D eigenvalue weighted by atomic mass is 9.92. The Morgan fingerprint density at radius 2 is 1.90 bits per heavy atom. The molecule has 0 aromatic rings. The molecule has 1 heterocycles. The molecule has 0 radical (unpaired) electrons. The Hall–Kier alpha value is -0.610. The van der Waals surface area contributed by atoms with Gasteiger partial charge in [-0.3, -0.25) is 9.69 Å². The number of aliphatic hydroxyl groups excluding tert-OH is 1. The third kappa shape index (κ3) is 4.74. The summed E-state index contributed by atoms with van der Waals surface area (Å²) >= 11 is 0. The van der Waals surface area contributed by atoms with Crippen molar-refractivity contribution in [3.05, 3.63) is 0 Å². The second-order valence-electron chi connectivity index (χ2n) is 6.52. The van der Waals surface area contributed by atoms with E-state index < -0.39 is 0 Å². The Labute approximate surface area is 122 Å². The molecule has 20 heavy (non-hydrogen) atoms. The summed E-state index contributed by atoms with van der Waals surface area (Å²) in [6.07, 6.45) is 9.02. The van der Waals surface area contributed by atoms with E-state index in [9.17, 15) is 9.90 Å². The van der Waals surface area contributed by atoms with E-state index in [0.717, 1.165) is 38.8 Å². The second-order valence-corrected chi connectivity index (χ2v) is 6.52. The van der Waals surface area contributed by atoms with Crippen LogP contribution in [-0.4, -0.2) is 47.7 Å². The Kier molecular flexibility index (Phi) is 6.30. The Morgan fingerprint density at radius 3 is 2.55 bits per heavy atom. The molecule has 0 aromatic heterocycles. The third-order valence-electron chi connectivity index (χ3n) is 4.89. The molecule has 4 nitrogen and oxygen atoms in total. The molecule has 0 aromatic carbocycles. The Balaban J connectivity index is 1.73. The van der Waals surface area contributed by atoms with E-state index in [0.29, 0.717) is 18.5 Å². The van der Waals surface area contributed by atoms with Gasteiger partial charge in [-0.15, -0.1) is 0 Å². The summed E-state index contributed by atoms with van der Waals surface area (Å²) in [6.45, 7) is 4.31. The zero-order valence-corrected chi connectivity index (χ0v) is 12.8. The number of hydrogen-bond acceptors (Lipinski definition) is 3. The van der Waals surface area contributed by atoms with Crippen molar-refractivity contribution in [2.75, 3.05) is 19.6 Å². The first-order valence-corrected chi connectivity index (χ1v) is 8.38. The van der Waals surface area contributed by atoms with E-state index in [2.05, 4.69) is 17.1 Å². The van der Waals surface area contributed by atoms with E-state index >= 15 is 0 Å². The molecular weight excluding hydrogens is 252 g/mol. The summed E-state index contributed by atoms with van der Waals surface area (Å²) in [5.74, 6) is 0.498. The van der Waals surface area contributed by atoms with Crippen molar-refractivity contribution in [1.29, 1.82) is 0 Å². The van der Waals surface area contributed by atoms with Crippen molar-refractivity contribution in [3.63, 3.8) is 0 Å². The highest BCUT2D eigenvalue weighted by atomic mass is 16.3. The molecule has 1 saturated heterocycles. The molecule has 2 unspecified atom stereocenters. The van der Waals surface area contributed by atoms with Gasteiger partial charge in [0.2, 0.25) is 5.91 Å². The minimum Gasteiger partial charge on any atom is -0.393 e. The van der Waals surface area contributed by atoms with Crippen molar-refractivity contribution in [2.45, 2.75) is 70.4 Å². The highest BCUT2D eigenvalue weighted by Gasteiger charge is 2.27. The molecule has 4 heteroatoms. The van der Waals surface area contributed by atoms with Gasteiger partial charge in [0.25, 0.3) is 0 Å². The van der Waals surface area contributed by atoms with Crippen LogP contribution >= 0.6 is 0 Å². The fraction of sp³-hybridized carbons (Fsp3) is 0.938.